The van der Waals surface area contributed by atoms with Crippen molar-refractivity contribution in [2.45, 2.75) is 6.92 Å². The minimum Gasteiger partial charge on any atom is -0.228 e. The van der Waals surface area contributed by atoms with E-state index in [0.29, 0.717) is 5.82 Å². The van der Waals surface area contributed by atoms with Crippen molar-refractivity contribution in [1.29, 1.82) is 0 Å². The van der Waals surface area contributed by atoms with Gasteiger partial charge in [0.1, 0.15) is 0 Å². The molecule has 0 fully saturated rings. The Balaban J connectivity index is 1.27. The summed E-state index contributed by atoms with van der Waals surface area (Å²) in [6, 6.07) is 63.0. The van der Waals surface area contributed by atoms with Crippen LogP contribution < -0.4 is 0 Å². The summed E-state index contributed by atoms with van der Waals surface area (Å²) in [5.74, 6) is 0.704. The van der Waals surface area contributed by atoms with E-state index in [1.165, 1.54) is 47.3 Å². The van der Waals surface area contributed by atoms with Gasteiger partial charge in [-0.25, -0.2) is 9.97 Å². The summed E-state index contributed by atoms with van der Waals surface area (Å²) in [6.45, 7) is 2.21. The molecule has 0 aliphatic heterocycles. The molecule has 52 heavy (non-hydrogen) atoms. The molecule has 0 aliphatic rings. The minimum absolute atomic E-state index is 0.704. The van der Waals surface area contributed by atoms with Crippen LogP contribution >= 0.6 is 11.3 Å². The number of aryl methyl sites for hydroxylation is 1. The maximum absolute atomic E-state index is 5.44. The van der Waals surface area contributed by atoms with Gasteiger partial charge in [0.05, 0.1) is 11.4 Å². The zero-order chi connectivity index (χ0) is 34.6. The van der Waals surface area contributed by atoms with Crippen molar-refractivity contribution in [1.82, 2.24) is 9.97 Å². The van der Waals surface area contributed by atoms with Crippen LogP contribution in [0.2, 0.25) is 0 Å². The first-order chi connectivity index (χ1) is 25.7. The quantitative estimate of drug-likeness (QED) is 0.169. The maximum Gasteiger partial charge on any atom is 0.160 e. The monoisotopic (exact) mass is 680 g/mol. The smallest absolute Gasteiger partial charge is 0.160 e. The Morgan fingerprint density at radius 1 is 0.365 bits per heavy atom. The number of nitrogens with zero attached hydrogens (tertiary/aromatic N) is 2. The molecule has 3 heteroatoms. The highest BCUT2D eigenvalue weighted by Gasteiger charge is 2.18. The molecule has 8 aromatic carbocycles. The number of hydrogen-bond donors (Lipinski definition) is 0. The molecule has 2 aromatic heterocycles. The first-order valence-corrected chi connectivity index (χ1v) is 18.5. The number of aromatic nitrogens is 2. The van der Waals surface area contributed by atoms with E-state index in [0.717, 1.165) is 50.3 Å². The van der Waals surface area contributed by atoms with Gasteiger partial charge in [0.15, 0.2) is 5.82 Å². The lowest BCUT2D eigenvalue weighted by molar-refractivity contribution is 1.19. The molecule has 0 radical (unpaired) electrons. The molecule has 0 saturated heterocycles. The van der Waals surface area contributed by atoms with Crippen LogP contribution in [0.5, 0.6) is 0 Å². The van der Waals surface area contributed by atoms with Crippen LogP contribution in [0.3, 0.4) is 0 Å². The van der Waals surface area contributed by atoms with Gasteiger partial charge in [-0.15, -0.1) is 11.3 Å². The average molecular weight is 681 g/mol. The van der Waals surface area contributed by atoms with Gasteiger partial charge in [-0.3, -0.25) is 0 Å². The van der Waals surface area contributed by atoms with Gasteiger partial charge in [0, 0.05) is 36.9 Å². The Hall–Kier alpha value is -6.42. The van der Waals surface area contributed by atoms with Gasteiger partial charge in [-0.2, -0.15) is 0 Å². The first-order valence-electron chi connectivity index (χ1n) is 17.7. The van der Waals surface area contributed by atoms with Crippen LogP contribution in [0.25, 0.3) is 97.9 Å². The maximum atomic E-state index is 5.44. The SMILES string of the molecule is Cc1cc2c(-c3cc(-c4cccc5c4sc4ccccc45)nc(-c4cc(-c5ccccc5)cc(-c5ccccc5)c4)n3)cccc2c2ccccc12. The predicted molar refractivity (Wildman–Crippen MR) is 222 cm³/mol. The average Bonchev–Trinajstić information content (AvgIpc) is 3.60. The zero-order valence-corrected chi connectivity index (χ0v) is 29.4. The van der Waals surface area contributed by atoms with Crippen molar-refractivity contribution in [3.63, 3.8) is 0 Å². The second-order valence-electron chi connectivity index (χ2n) is 13.4. The molecular formula is C49H32N2S. The van der Waals surface area contributed by atoms with E-state index >= 15 is 0 Å². The fourth-order valence-electron chi connectivity index (χ4n) is 7.69. The summed E-state index contributed by atoms with van der Waals surface area (Å²) >= 11 is 1.83. The summed E-state index contributed by atoms with van der Waals surface area (Å²) < 4.78 is 2.51. The normalized spacial score (nSPS) is 11.6. The predicted octanol–water partition coefficient (Wildman–Crippen LogP) is 13.8. The van der Waals surface area contributed by atoms with Gasteiger partial charge in [-0.1, -0.05) is 146 Å². The fraction of sp³-hybridized carbons (Fsp3) is 0.0204. The van der Waals surface area contributed by atoms with E-state index in [-0.39, 0.29) is 0 Å². The number of rotatable bonds is 5. The molecular weight excluding hydrogens is 649 g/mol. The van der Waals surface area contributed by atoms with E-state index in [1.807, 2.05) is 11.3 Å². The first kappa shape index (κ1) is 30.4. The third-order valence-electron chi connectivity index (χ3n) is 10.2. The number of thiophene rings is 1. The lowest BCUT2D eigenvalue weighted by Crippen LogP contribution is -1.98. The molecule has 0 unspecified atom stereocenters. The van der Waals surface area contributed by atoms with Gasteiger partial charge in [0.2, 0.25) is 0 Å². The van der Waals surface area contributed by atoms with Crippen molar-refractivity contribution in [2.75, 3.05) is 0 Å². The second-order valence-corrected chi connectivity index (χ2v) is 14.5. The molecule has 10 rings (SSSR count). The summed E-state index contributed by atoms with van der Waals surface area (Å²) in [6.07, 6.45) is 0. The summed E-state index contributed by atoms with van der Waals surface area (Å²) in [4.78, 5) is 10.9. The Labute approximate surface area is 306 Å². The molecule has 0 bridgehead atoms. The van der Waals surface area contributed by atoms with Crippen LogP contribution in [0.4, 0.5) is 0 Å². The zero-order valence-electron chi connectivity index (χ0n) is 28.5. The van der Waals surface area contributed by atoms with Gasteiger partial charge >= 0.3 is 0 Å². The number of hydrogen-bond acceptors (Lipinski definition) is 3. The van der Waals surface area contributed by atoms with Gasteiger partial charge in [-0.05, 0) is 86.6 Å². The molecule has 2 heterocycles. The number of fused-ring (bicyclic) bond motifs is 6. The van der Waals surface area contributed by atoms with Gasteiger partial charge < -0.3 is 0 Å². The van der Waals surface area contributed by atoms with E-state index in [2.05, 4.69) is 183 Å². The van der Waals surface area contributed by atoms with Gasteiger partial charge in [0.25, 0.3) is 0 Å². The van der Waals surface area contributed by atoms with Crippen LogP contribution in [0.15, 0.2) is 176 Å². The molecule has 244 valence electrons. The van der Waals surface area contributed by atoms with Crippen molar-refractivity contribution in [2.24, 2.45) is 0 Å². The highest BCUT2D eigenvalue weighted by molar-refractivity contribution is 7.26. The topological polar surface area (TPSA) is 25.8 Å². The van der Waals surface area contributed by atoms with Crippen LogP contribution in [-0.2, 0) is 0 Å². The van der Waals surface area contributed by atoms with Crippen LogP contribution in [-0.4, -0.2) is 9.97 Å². The summed E-state index contributed by atoms with van der Waals surface area (Å²) in [5.41, 5.74) is 10.8. The Morgan fingerprint density at radius 3 is 1.60 bits per heavy atom. The third kappa shape index (κ3) is 5.17. The van der Waals surface area contributed by atoms with Crippen LogP contribution in [0.1, 0.15) is 5.56 Å². The molecule has 0 saturated carbocycles. The standard InChI is InChI=1S/C49H32N2S/c1-31-26-44-39(38-19-9-8-18-37(31)38)21-12-22-40(44)45-30-46(43-24-13-23-42-41-20-10-11-25-47(41)52-48(42)43)51-49(50-45)36-28-34(32-14-4-2-5-15-32)27-35(29-36)33-16-6-3-7-17-33/h2-30H,1H3. The lowest BCUT2D eigenvalue weighted by Gasteiger charge is -2.15. The summed E-state index contributed by atoms with van der Waals surface area (Å²) in [5, 5.41) is 7.48. The molecule has 2 nitrogen and oxygen atoms in total. The van der Waals surface area contributed by atoms with Crippen molar-refractivity contribution < 1.29 is 0 Å². The fourth-order valence-corrected chi connectivity index (χ4v) is 8.91. The van der Waals surface area contributed by atoms with Crippen molar-refractivity contribution in [3.8, 4) is 56.2 Å². The van der Waals surface area contributed by atoms with E-state index in [1.54, 1.807) is 0 Å². The molecule has 0 atom stereocenters. The van der Waals surface area contributed by atoms with Crippen molar-refractivity contribution >= 4 is 53.1 Å². The van der Waals surface area contributed by atoms with E-state index < -0.39 is 0 Å². The Morgan fingerprint density at radius 2 is 0.885 bits per heavy atom. The van der Waals surface area contributed by atoms with E-state index in [4.69, 9.17) is 9.97 Å². The molecule has 0 spiro atoms. The second kappa shape index (κ2) is 12.4. The largest absolute Gasteiger partial charge is 0.228 e. The number of benzene rings is 8. The molecule has 0 amide bonds. The third-order valence-corrected chi connectivity index (χ3v) is 11.4. The highest BCUT2D eigenvalue weighted by atomic mass is 32.1. The Kier molecular flexibility index (Phi) is 7.26. The summed E-state index contributed by atoms with van der Waals surface area (Å²) in [7, 11) is 0. The molecule has 10 aromatic rings. The minimum atomic E-state index is 0.704. The van der Waals surface area contributed by atoms with Crippen molar-refractivity contribution in [3.05, 3.63) is 181 Å². The van der Waals surface area contributed by atoms with E-state index in [9.17, 15) is 0 Å². The Bertz CT molecular complexity index is 2900. The lowest BCUT2D eigenvalue weighted by atomic mass is 9.93. The molecule has 0 N–H and O–H groups in total. The highest BCUT2D eigenvalue weighted by Crippen LogP contribution is 2.42. The molecule has 0 aliphatic carbocycles. The van der Waals surface area contributed by atoms with Crippen LogP contribution in [0, 0.1) is 6.92 Å².